The predicted octanol–water partition coefficient (Wildman–Crippen LogP) is 1.56. The summed E-state index contributed by atoms with van der Waals surface area (Å²) in [4.78, 5) is 41.3. The normalized spacial score (nSPS) is 10.8. The van der Waals surface area contributed by atoms with Crippen molar-refractivity contribution in [3.63, 3.8) is 0 Å². The van der Waals surface area contributed by atoms with Crippen molar-refractivity contribution in [3.05, 3.63) is 50.7 Å². The van der Waals surface area contributed by atoms with Crippen molar-refractivity contribution in [2.45, 2.75) is 6.92 Å². The minimum absolute atomic E-state index is 0.0110. The molecule has 1 amide bonds. The van der Waals surface area contributed by atoms with Crippen molar-refractivity contribution in [3.8, 4) is 17.3 Å². The standard InChI is InChI=1S/C20H15N7O4S/c1-8(28)9-3-5-10(6-4-9)24-18(29)16-14(22)13-12(15-20(30)31-26-27(15)2)11(7-21)17(23)25-19(13)32-16/h3-6H,1-2H3,(H5-,22,23,24,25,26,28,29,30)/p+1. The van der Waals surface area contributed by atoms with Crippen LogP contribution >= 0.6 is 11.3 Å². The van der Waals surface area contributed by atoms with Gasteiger partial charge < -0.3 is 16.8 Å². The molecule has 0 atom stereocenters. The molecule has 3 aromatic heterocycles. The average Bonchev–Trinajstić information content (AvgIpc) is 3.26. The summed E-state index contributed by atoms with van der Waals surface area (Å²) in [7, 11) is 1.52. The van der Waals surface area contributed by atoms with E-state index in [0.29, 0.717) is 11.3 Å². The topological polar surface area (TPSA) is 185 Å². The van der Waals surface area contributed by atoms with Crippen LogP contribution in [0.4, 0.5) is 17.2 Å². The number of aromatic nitrogens is 3. The molecule has 0 aliphatic carbocycles. The number of nitrogens with one attached hydrogen (secondary N) is 2. The summed E-state index contributed by atoms with van der Waals surface area (Å²) in [5.41, 5.74) is 12.6. The highest BCUT2D eigenvalue weighted by molar-refractivity contribution is 7.21. The van der Waals surface area contributed by atoms with E-state index in [-0.39, 0.29) is 49.2 Å². The summed E-state index contributed by atoms with van der Waals surface area (Å²) in [5, 5.41) is 15.0. The summed E-state index contributed by atoms with van der Waals surface area (Å²) in [5.74, 6) is -0.721. The molecule has 0 radical (unpaired) electrons. The second-order valence-electron chi connectivity index (χ2n) is 6.86. The van der Waals surface area contributed by atoms with Crippen molar-refractivity contribution >= 4 is 50.4 Å². The Morgan fingerprint density at radius 3 is 2.53 bits per heavy atom. The number of rotatable bonds is 4. The molecular formula is C20H16N7O4S+. The number of ketones is 1. The third kappa shape index (κ3) is 3.26. The molecule has 0 aliphatic heterocycles. The lowest BCUT2D eigenvalue weighted by Gasteiger charge is -2.06. The van der Waals surface area contributed by atoms with Crippen LogP contribution in [0.5, 0.6) is 0 Å². The zero-order chi connectivity index (χ0) is 23.2. The summed E-state index contributed by atoms with van der Waals surface area (Å²) >= 11 is 0.972. The first-order valence-corrected chi connectivity index (χ1v) is 9.96. The number of anilines is 3. The molecule has 0 spiro atoms. The van der Waals surface area contributed by atoms with E-state index in [2.05, 4.69) is 15.6 Å². The number of hydrogen-bond donors (Lipinski definition) is 4. The number of hydrogen-bond acceptors (Lipinski definition) is 9. The van der Waals surface area contributed by atoms with Gasteiger partial charge in [0.05, 0.1) is 16.6 Å². The van der Waals surface area contributed by atoms with E-state index >= 15 is 0 Å². The Morgan fingerprint density at radius 2 is 1.97 bits per heavy atom. The molecule has 1 aromatic carbocycles. The van der Waals surface area contributed by atoms with E-state index in [0.717, 1.165) is 11.3 Å². The largest absolute Gasteiger partial charge is 0.435 e. The number of Topliss-reactive ketones (excluding diaryl/α,β-unsaturated/α-hetero) is 1. The quantitative estimate of drug-likeness (QED) is 0.266. The average molecular weight is 450 g/mol. The van der Waals surface area contributed by atoms with Gasteiger partial charge >= 0.3 is 11.3 Å². The van der Waals surface area contributed by atoms with Gasteiger partial charge in [-0.25, -0.2) is 9.78 Å². The molecule has 3 heterocycles. The Hall–Kier alpha value is -4.50. The molecule has 32 heavy (non-hydrogen) atoms. The summed E-state index contributed by atoms with van der Waals surface area (Å²) in [6.45, 7) is 1.45. The number of nitriles is 1. The van der Waals surface area contributed by atoms with Crippen LogP contribution in [0.2, 0.25) is 0 Å². The number of pyridine rings is 1. The van der Waals surface area contributed by atoms with Crippen LogP contribution in [-0.2, 0) is 7.05 Å². The van der Waals surface area contributed by atoms with Gasteiger partial charge in [0.15, 0.2) is 12.8 Å². The number of carbonyl (C=O) groups excluding carboxylic acids is 2. The second kappa shape index (κ2) is 7.64. The van der Waals surface area contributed by atoms with Crippen molar-refractivity contribution < 1.29 is 18.8 Å². The number of carbonyl (C=O) groups is 2. The lowest BCUT2D eigenvalue weighted by molar-refractivity contribution is -0.730. The zero-order valence-electron chi connectivity index (χ0n) is 16.8. The van der Waals surface area contributed by atoms with Gasteiger partial charge in [0, 0.05) is 11.3 Å². The Morgan fingerprint density at radius 1 is 1.28 bits per heavy atom. The molecule has 0 fully saturated rings. The Balaban J connectivity index is 1.86. The molecule has 0 saturated heterocycles. The highest BCUT2D eigenvalue weighted by atomic mass is 32.1. The number of benzene rings is 1. The number of amides is 1. The number of aromatic amines is 1. The van der Waals surface area contributed by atoms with Gasteiger partial charge in [-0.05, 0) is 36.5 Å². The van der Waals surface area contributed by atoms with Gasteiger partial charge in [0.2, 0.25) is 0 Å². The van der Waals surface area contributed by atoms with E-state index in [4.69, 9.17) is 16.0 Å². The summed E-state index contributed by atoms with van der Waals surface area (Å²) in [6, 6.07) is 8.32. The van der Waals surface area contributed by atoms with E-state index in [9.17, 15) is 19.6 Å². The van der Waals surface area contributed by atoms with Gasteiger partial charge in [-0.3, -0.25) is 14.1 Å². The maximum absolute atomic E-state index is 12.9. The van der Waals surface area contributed by atoms with Gasteiger partial charge in [0.1, 0.15) is 27.2 Å². The van der Waals surface area contributed by atoms with Crippen LogP contribution in [0.3, 0.4) is 0 Å². The maximum Gasteiger partial charge on any atom is 0.435 e. The fourth-order valence-electron chi connectivity index (χ4n) is 3.28. The minimum Gasteiger partial charge on any atom is -0.397 e. The van der Waals surface area contributed by atoms with Gasteiger partial charge in [-0.2, -0.15) is 5.26 Å². The molecule has 4 aromatic rings. The molecule has 6 N–H and O–H groups in total. The first-order valence-electron chi connectivity index (χ1n) is 9.14. The number of nitrogens with zero attached hydrogens (tertiary/aromatic N) is 3. The Labute approximate surface area is 183 Å². The SMILES string of the molecule is CC(=O)c1ccc(NC(=O)c2sc3nc(N)c(C#N)c(-c4c(=O)o[nH][n+]4C)c3c2N)cc1. The van der Waals surface area contributed by atoms with Crippen molar-refractivity contribution in [1.29, 1.82) is 5.26 Å². The fourth-order valence-corrected chi connectivity index (χ4v) is 4.28. The molecular weight excluding hydrogens is 434 g/mol. The zero-order valence-corrected chi connectivity index (χ0v) is 17.7. The molecule has 0 aliphatic rings. The molecule has 4 rings (SSSR count). The Bertz CT molecular complexity index is 1510. The third-order valence-electron chi connectivity index (χ3n) is 4.81. The molecule has 12 heteroatoms. The van der Waals surface area contributed by atoms with Crippen molar-refractivity contribution in [1.82, 2.24) is 10.3 Å². The molecule has 0 unspecified atom stereocenters. The van der Waals surface area contributed by atoms with Crippen LogP contribution in [-0.4, -0.2) is 21.9 Å². The van der Waals surface area contributed by atoms with E-state index < -0.39 is 11.5 Å². The van der Waals surface area contributed by atoms with E-state index in [1.54, 1.807) is 24.3 Å². The summed E-state index contributed by atoms with van der Waals surface area (Å²) < 4.78 is 6.09. The van der Waals surface area contributed by atoms with Crippen LogP contribution < -0.4 is 27.1 Å². The number of H-pyrrole nitrogens is 1. The smallest absolute Gasteiger partial charge is 0.397 e. The monoisotopic (exact) mass is 450 g/mol. The summed E-state index contributed by atoms with van der Waals surface area (Å²) in [6.07, 6.45) is 0. The highest BCUT2D eigenvalue weighted by Gasteiger charge is 2.32. The van der Waals surface area contributed by atoms with Crippen LogP contribution in [0.25, 0.3) is 21.5 Å². The lowest BCUT2D eigenvalue weighted by Crippen LogP contribution is -2.34. The number of aryl methyl sites for hydroxylation is 1. The lowest BCUT2D eigenvalue weighted by atomic mass is 10.0. The van der Waals surface area contributed by atoms with Gasteiger partial charge in [-0.15, -0.1) is 11.3 Å². The maximum atomic E-state index is 12.9. The molecule has 0 bridgehead atoms. The fraction of sp³-hybridized carbons (Fsp3) is 0.100. The van der Waals surface area contributed by atoms with Crippen molar-refractivity contribution in [2.24, 2.45) is 7.05 Å². The van der Waals surface area contributed by atoms with Gasteiger partial charge in [-0.1, -0.05) is 4.68 Å². The molecule has 11 nitrogen and oxygen atoms in total. The van der Waals surface area contributed by atoms with E-state index in [1.165, 1.54) is 18.7 Å². The van der Waals surface area contributed by atoms with Crippen LogP contribution in [0.1, 0.15) is 32.5 Å². The number of fused-ring (bicyclic) bond motifs is 1. The highest BCUT2D eigenvalue weighted by Crippen LogP contribution is 2.41. The first-order chi connectivity index (χ1) is 15.2. The predicted molar refractivity (Wildman–Crippen MR) is 117 cm³/mol. The van der Waals surface area contributed by atoms with E-state index in [1.807, 2.05) is 6.07 Å². The minimum atomic E-state index is -0.738. The first kappa shape index (κ1) is 20.8. The second-order valence-corrected chi connectivity index (χ2v) is 7.86. The van der Waals surface area contributed by atoms with Crippen LogP contribution in [0.15, 0.2) is 33.6 Å². The third-order valence-corrected chi connectivity index (χ3v) is 5.91. The number of nitrogen functional groups attached to an aromatic ring is 2. The molecule has 0 saturated carbocycles. The Kier molecular flexibility index (Phi) is 4.95. The number of nitrogens with two attached hydrogens (primary N) is 2. The van der Waals surface area contributed by atoms with Crippen molar-refractivity contribution in [2.75, 3.05) is 16.8 Å². The number of thiophene rings is 1. The van der Waals surface area contributed by atoms with Gasteiger partial charge in [0.25, 0.3) is 5.91 Å². The molecule has 160 valence electrons. The van der Waals surface area contributed by atoms with Crippen LogP contribution in [0, 0.1) is 11.3 Å².